The van der Waals surface area contributed by atoms with E-state index in [1.165, 1.54) is 17.1 Å². The number of aromatic nitrogens is 1. The van der Waals surface area contributed by atoms with Crippen molar-refractivity contribution in [3.8, 4) is 0 Å². The van der Waals surface area contributed by atoms with Crippen molar-refractivity contribution in [3.05, 3.63) is 84.1 Å². The molecule has 3 heterocycles. The average molecular weight is 667 g/mol. The van der Waals surface area contributed by atoms with Crippen LogP contribution >= 0.6 is 0 Å². The highest BCUT2D eigenvalue weighted by molar-refractivity contribution is 5.95. The van der Waals surface area contributed by atoms with Gasteiger partial charge in [-0.15, -0.1) is 0 Å². The second kappa shape index (κ2) is 17.4. The number of alkyl halides is 1. The minimum atomic E-state index is -1.49. The van der Waals surface area contributed by atoms with Gasteiger partial charge in [0.25, 0.3) is 5.91 Å². The molecule has 1 fully saturated rings. The van der Waals surface area contributed by atoms with Gasteiger partial charge in [-0.25, -0.2) is 19.0 Å². The van der Waals surface area contributed by atoms with Crippen LogP contribution in [0, 0.1) is 11.8 Å². The number of cyclic esters (lactones) is 1. The Morgan fingerprint density at radius 2 is 2.00 bits per heavy atom. The summed E-state index contributed by atoms with van der Waals surface area (Å²) >= 11 is 0. The molecule has 0 saturated carbocycles. The molecule has 48 heavy (non-hydrogen) atoms. The van der Waals surface area contributed by atoms with Crippen molar-refractivity contribution < 1.29 is 42.6 Å². The molecule has 258 valence electrons. The van der Waals surface area contributed by atoms with Crippen molar-refractivity contribution in [3.63, 3.8) is 0 Å². The van der Waals surface area contributed by atoms with E-state index in [0.29, 0.717) is 24.1 Å². The van der Waals surface area contributed by atoms with Crippen LogP contribution < -0.4 is 10.6 Å². The fraction of sp³-hybridized carbons (Fsp3) is 0.457. The zero-order valence-electron chi connectivity index (χ0n) is 27.3. The Balaban J connectivity index is 1.54. The number of carbonyl (C=O) groups excluding carboxylic acids is 4. The molecular formula is C35H43FN4O8. The van der Waals surface area contributed by atoms with Crippen molar-refractivity contribution in [2.24, 2.45) is 11.8 Å². The molecule has 1 aromatic carbocycles. The number of fused-ring (bicyclic) bond motifs is 3. The Morgan fingerprint density at radius 3 is 2.77 bits per heavy atom. The monoisotopic (exact) mass is 666 g/mol. The summed E-state index contributed by atoms with van der Waals surface area (Å²) in [7, 11) is 0. The second-order valence-corrected chi connectivity index (χ2v) is 12.1. The average Bonchev–Trinajstić information content (AvgIpc) is 3.73. The lowest BCUT2D eigenvalue weighted by molar-refractivity contribution is -0.159. The zero-order chi connectivity index (χ0) is 34.6. The number of hydrogen-bond donors (Lipinski definition) is 3. The highest BCUT2D eigenvalue weighted by atomic mass is 19.1. The highest BCUT2D eigenvalue weighted by Gasteiger charge is 2.39. The number of hydrogen-bond acceptors (Lipinski definition) is 9. The standard InChI is InChI=1S/C35H43FN4O8/c1-22-9-7-15-37-30(42)14-13-23(2)32(24(3)20-47-35(45)38-26-10-5-4-6-11-26)48-34(44)29-12-8-16-40(29)33(43)28-21-46-31(39-28)19-25(36)18-27(41)17-22/h4-7,9-11,13-14,17,21,23-25,27,29,32,41H,8,12,15-16,18-20H2,1-3H3,(H,37,42)(H,38,45)/b9-7?,14-13+,22-17?. The van der Waals surface area contributed by atoms with E-state index < -0.39 is 54.2 Å². The quantitative estimate of drug-likeness (QED) is 0.399. The summed E-state index contributed by atoms with van der Waals surface area (Å²) in [5, 5.41) is 15.7. The summed E-state index contributed by atoms with van der Waals surface area (Å²) in [5.41, 5.74) is 1.16. The maximum absolute atomic E-state index is 14.8. The van der Waals surface area contributed by atoms with Crippen molar-refractivity contribution in [1.82, 2.24) is 15.2 Å². The van der Waals surface area contributed by atoms with Gasteiger partial charge in [-0.05, 0) is 38.0 Å². The van der Waals surface area contributed by atoms with Crippen LogP contribution in [-0.2, 0) is 25.5 Å². The van der Waals surface area contributed by atoms with Gasteiger partial charge >= 0.3 is 12.1 Å². The van der Waals surface area contributed by atoms with Crippen LogP contribution in [0.25, 0.3) is 0 Å². The molecular weight excluding hydrogens is 623 g/mol. The maximum Gasteiger partial charge on any atom is 0.411 e. The topological polar surface area (TPSA) is 160 Å². The number of esters is 1. The van der Waals surface area contributed by atoms with Gasteiger partial charge in [0.15, 0.2) is 11.6 Å². The predicted molar refractivity (Wildman–Crippen MR) is 174 cm³/mol. The van der Waals surface area contributed by atoms with E-state index >= 15 is 0 Å². The predicted octanol–water partition coefficient (Wildman–Crippen LogP) is 4.53. The van der Waals surface area contributed by atoms with Gasteiger partial charge in [-0.3, -0.25) is 14.9 Å². The number of aliphatic hydroxyl groups excluding tert-OH is 1. The molecule has 1 aromatic heterocycles. The summed E-state index contributed by atoms with van der Waals surface area (Å²) in [5.74, 6) is -2.59. The van der Waals surface area contributed by atoms with E-state index in [-0.39, 0.29) is 50.0 Å². The molecule has 3 amide bonds. The van der Waals surface area contributed by atoms with E-state index in [4.69, 9.17) is 13.9 Å². The third-order valence-electron chi connectivity index (χ3n) is 8.06. The highest BCUT2D eigenvalue weighted by Crippen LogP contribution is 2.26. The molecule has 6 atom stereocenters. The molecule has 12 nitrogen and oxygen atoms in total. The number of rotatable bonds is 4. The van der Waals surface area contributed by atoms with Crippen LogP contribution in [0.1, 0.15) is 56.4 Å². The van der Waals surface area contributed by atoms with Crippen LogP contribution in [-0.4, -0.2) is 83.0 Å². The Kier molecular flexibility index (Phi) is 13.1. The molecule has 1 saturated heterocycles. The first-order chi connectivity index (χ1) is 23.0. The Bertz CT molecular complexity index is 1510. The number of halogens is 1. The Morgan fingerprint density at radius 1 is 1.23 bits per heavy atom. The lowest BCUT2D eigenvalue weighted by Crippen LogP contribution is -2.44. The van der Waals surface area contributed by atoms with Crippen molar-refractivity contribution in [2.45, 2.75) is 70.9 Å². The molecule has 2 aromatic rings. The number of amides is 3. The van der Waals surface area contributed by atoms with E-state index in [1.807, 2.05) is 6.07 Å². The number of aliphatic hydroxyl groups is 1. The number of ether oxygens (including phenoxy) is 2. The number of para-hydroxylation sites is 1. The molecule has 3 N–H and O–H groups in total. The van der Waals surface area contributed by atoms with E-state index in [0.717, 1.165) is 6.26 Å². The fourth-order valence-electron chi connectivity index (χ4n) is 5.61. The molecule has 2 aliphatic rings. The number of anilines is 1. The lowest BCUT2D eigenvalue weighted by Gasteiger charge is -2.30. The summed E-state index contributed by atoms with van der Waals surface area (Å²) in [6, 6.07) is 7.88. The lowest BCUT2D eigenvalue weighted by atomic mass is 9.93. The molecule has 0 radical (unpaired) electrons. The molecule has 2 bridgehead atoms. The number of allylic oxidation sites excluding steroid dienone is 2. The molecule has 2 aliphatic heterocycles. The van der Waals surface area contributed by atoms with E-state index in [9.17, 15) is 28.7 Å². The number of nitrogens with zero attached hydrogens (tertiary/aromatic N) is 2. The first kappa shape index (κ1) is 36.1. The van der Waals surface area contributed by atoms with Crippen LogP contribution in [0.3, 0.4) is 0 Å². The largest absolute Gasteiger partial charge is 0.460 e. The van der Waals surface area contributed by atoms with Gasteiger partial charge in [0.05, 0.1) is 19.1 Å². The molecule has 4 rings (SSSR count). The van der Waals surface area contributed by atoms with Crippen molar-refractivity contribution >= 4 is 29.6 Å². The Hall–Kier alpha value is -4.78. The SMILES string of the molecule is CC1=CC(O)CC(F)Cc2nc(co2)C(=O)N2CCCC2C(=O)OC(C(C)COC(=O)Nc2ccccc2)C(C)/C=C/C(=O)NCC=C1. The Labute approximate surface area is 279 Å². The third kappa shape index (κ3) is 10.6. The van der Waals surface area contributed by atoms with Crippen LogP contribution in [0.2, 0.25) is 0 Å². The van der Waals surface area contributed by atoms with Gasteiger partial charge in [0, 0.05) is 37.0 Å². The van der Waals surface area contributed by atoms with Crippen LogP contribution in [0.5, 0.6) is 0 Å². The second-order valence-electron chi connectivity index (χ2n) is 12.1. The molecule has 0 aliphatic carbocycles. The fourth-order valence-corrected chi connectivity index (χ4v) is 5.61. The summed E-state index contributed by atoms with van der Waals surface area (Å²) in [4.78, 5) is 57.6. The molecule has 13 heteroatoms. The molecule has 0 spiro atoms. The van der Waals surface area contributed by atoms with Crippen LogP contribution in [0.4, 0.5) is 14.9 Å². The summed E-state index contributed by atoms with van der Waals surface area (Å²) in [6.45, 7) is 5.65. The van der Waals surface area contributed by atoms with Crippen molar-refractivity contribution in [2.75, 3.05) is 25.0 Å². The third-order valence-corrected chi connectivity index (χ3v) is 8.06. The minimum absolute atomic E-state index is 0.00286. The first-order valence-electron chi connectivity index (χ1n) is 16.1. The van der Waals surface area contributed by atoms with E-state index in [2.05, 4.69) is 15.6 Å². The summed E-state index contributed by atoms with van der Waals surface area (Å²) < 4.78 is 31.6. The van der Waals surface area contributed by atoms with Gasteiger partial charge in [0.2, 0.25) is 5.91 Å². The number of carbonyl (C=O) groups is 4. The van der Waals surface area contributed by atoms with Gasteiger partial charge in [-0.2, -0.15) is 0 Å². The number of oxazole rings is 1. The maximum atomic E-state index is 14.8. The first-order valence-corrected chi connectivity index (χ1v) is 16.1. The van der Waals surface area contributed by atoms with Gasteiger partial charge < -0.3 is 29.2 Å². The zero-order valence-corrected chi connectivity index (χ0v) is 27.3. The smallest absolute Gasteiger partial charge is 0.411 e. The summed E-state index contributed by atoms with van der Waals surface area (Å²) in [6.07, 6.45) is 5.34. The van der Waals surface area contributed by atoms with Gasteiger partial charge in [-0.1, -0.05) is 61.9 Å². The van der Waals surface area contributed by atoms with Crippen LogP contribution in [0.15, 0.2) is 77.0 Å². The number of nitrogens with one attached hydrogen (secondary N) is 2. The van der Waals surface area contributed by atoms with E-state index in [1.54, 1.807) is 63.3 Å². The minimum Gasteiger partial charge on any atom is -0.460 e. The normalized spacial score (nSPS) is 26.0. The molecule has 6 unspecified atom stereocenters. The van der Waals surface area contributed by atoms with Gasteiger partial charge in [0.1, 0.15) is 24.6 Å². The van der Waals surface area contributed by atoms with Crippen molar-refractivity contribution in [1.29, 1.82) is 0 Å². The number of benzene rings is 1.